The van der Waals surface area contributed by atoms with E-state index in [1.54, 1.807) is 13.1 Å². The molecule has 7 heteroatoms. The van der Waals surface area contributed by atoms with E-state index in [-0.39, 0.29) is 5.03 Å². The summed E-state index contributed by atoms with van der Waals surface area (Å²) in [7, 11) is 1.84. The van der Waals surface area contributed by atoms with Crippen molar-refractivity contribution in [3.63, 3.8) is 0 Å². The van der Waals surface area contributed by atoms with E-state index in [1.807, 2.05) is 19.0 Å². The topological polar surface area (TPSA) is 53.5 Å². The maximum absolute atomic E-state index is 12.2. The van der Waals surface area contributed by atoms with E-state index >= 15 is 0 Å². The third-order valence-corrected chi connectivity index (χ3v) is 4.57. The molecule has 1 aromatic heterocycles. The maximum Gasteiger partial charge on any atom is 0.260 e. The fourth-order valence-electron chi connectivity index (χ4n) is 1.26. The van der Waals surface area contributed by atoms with Gasteiger partial charge in [-0.1, -0.05) is 6.07 Å². The Balaban J connectivity index is 2.84. The van der Waals surface area contributed by atoms with E-state index in [1.165, 1.54) is 16.6 Å². The van der Waals surface area contributed by atoms with E-state index in [2.05, 4.69) is 4.98 Å². The number of aromatic nitrogens is 1. The van der Waals surface area contributed by atoms with Crippen LogP contribution >= 0.6 is 11.6 Å². The quantitative estimate of drug-likeness (QED) is 0.734. The van der Waals surface area contributed by atoms with Crippen LogP contribution in [0.25, 0.3) is 0 Å². The molecule has 0 fully saturated rings. The van der Waals surface area contributed by atoms with E-state index in [4.69, 9.17) is 11.6 Å². The van der Waals surface area contributed by atoms with Crippen molar-refractivity contribution < 1.29 is 8.42 Å². The number of sulfonamides is 1. The highest BCUT2D eigenvalue weighted by atomic mass is 35.5. The molecule has 0 atom stereocenters. The summed E-state index contributed by atoms with van der Waals surface area (Å²) in [6.45, 7) is 1.09. The molecule has 18 heavy (non-hydrogen) atoms. The zero-order valence-electron chi connectivity index (χ0n) is 10.8. The Morgan fingerprint density at radius 3 is 2.33 bits per heavy atom. The highest BCUT2D eigenvalue weighted by Crippen LogP contribution is 2.12. The summed E-state index contributed by atoms with van der Waals surface area (Å²) in [6, 6.07) is 3.16. The van der Waals surface area contributed by atoms with E-state index in [0.717, 1.165) is 5.56 Å². The highest BCUT2D eigenvalue weighted by Gasteiger charge is 2.21. The molecule has 0 spiro atoms. The molecule has 5 nitrogen and oxygen atoms in total. The highest BCUT2D eigenvalue weighted by molar-refractivity contribution is 7.89. The monoisotopic (exact) mass is 291 g/mol. The van der Waals surface area contributed by atoms with Gasteiger partial charge in [-0.3, -0.25) is 0 Å². The van der Waals surface area contributed by atoms with Gasteiger partial charge in [0, 0.05) is 32.2 Å². The van der Waals surface area contributed by atoms with Crippen LogP contribution in [0.3, 0.4) is 0 Å². The number of rotatable bonds is 6. The van der Waals surface area contributed by atoms with Gasteiger partial charge in [0.2, 0.25) is 0 Å². The van der Waals surface area contributed by atoms with Crippen LogP contribution in [-0.4, -0.2) is 56.8 Å². The van der Waals surface area contributed by atoms with Crippen LogP contribution in [0.2, 0.25) is 0 Å². The number of pyridine rings is 1. The molecule has 0 saturated heterocycles. The summed E-state index contributed by atoms with van der Waals surface area (Å²) >= 11 is 5.64. The summed E-state index contributed by atoms with van der Waals surface area (Å²) in [5.41, 5.74) is 0.798. The molecular formula is C11H18ClN3O2S. The molecule has 0 saturated carbocycles. The Labute approximate surface area is 113 Å². The van der Waals surface area contributed by atoms with Gasteiger partial charge in [0.1, 0.15) is 0 Å². The Kier molecular flexibility index (Phi) is 5.52. The second-order valence-electron chi connectivity index (χ2n) is 4.27. The summed E-state index contributed by atoms with van der Waals surface area (Å²) in [4.78, 5) is 5.87. The van der Waals surface area contributed by atoms with Gasteiger partial charge >= 0.3 is 0 Å². The van der Waals surface area contributed by atoms with Gasteiger partial charge in [-0.05, 0) is 25.7 Å². The number of alkyl halides is 1. The summed E-state index contributed by atoms with van der Waals surface area (Å²) in [5, 5.41) is 0.0534. The Bertz CT molecular complexity index is 474. The molecule has 0 N–H and O–H groups in total. The average Bonchev–Trinajstić information content (AvgIpc) is 2.35. The van der Waals surface area contributed by atoms with Gasteiger partial charge in [0.25, 0.3) is 10.0 Å². The van der Waals surface area contributed by atoms with Crippen LogP contribution in [0.15, 0.2) is 23.4 Å². The van der Waals surface area contributed by atoms with Crippen molar-refractivity contribution in [1.82, 2.24) is 14.2 Å². The minimum Gasteiger partial charge on any atom is -0.308 e. The standard InChI is InChI=1S/C11H18ClN3O2S/c1-14(2)6-7-15(3)18(16,17)11-5-4-10(8-12)9-13-11/h4-5,9H,6-8H2,1-3H3. The summed E-state index contributed by atoms with van der Waals surface area (Å²) < 4.78 is 25.6. The predicted octanol–water partition coefficient (Wildman–Crippen LogP) is 1.00. The third-order valence-electron chi connectivity index (χ3n) is 2.49. The molecule has 1 aromatic rings. The lowest BCUT2D eigenvalue weighted by Gasteiger charge is -2.18. The maximum atomic E-state index is 12.2. The van der Waals surface area contributed by atoms with Crippen LogP contribution in [0, 0.1) is 0 Å². The number of likely N-dealkylation sites (N-methyl/N-ethyl adjacent to an activating group) is 2. The van der Waals surface area contributed by atoms with E-state index in [9.17, 15) is 8.42 Å². The molecule has 1 rings (SSSR count). The minimum atomic E-state index is -3.51. The minimum absolute atomic E-state index is 0.0534. The molecule has 0 aliphatic rings. The molecule has 0 aromatic carbocycles. The number of hydrogen-bond donors (Lipinski definition) is 0. The SMILES string of the molecule is CN(C)CCN(C)S(=O)(=O)c1ccc(CCl)cn1. The van der Waals surface area contributed by atoms with Crippen molar-refractivity contribution in [1.29, 1.82) is 0 Å². The first-order valence-corrected chi connectivity index (χ1v) is 7.47. The smallest absolute Gasteiger partial charge is 0.260 e. The van der Waals surface area contributed by atoms with Gasteiger partial charge in [-0.2, -0.15) is 4.31 Å². The average molecular weight is 292 g/mol. The first-order chi connectivity index (χ1) is 8.37. The molecule has 102 valence electrons. The summed E-state index contributed by atoms with van der Waals surface area (Å²) in [6.07, 6.45) is 1.49. The van der Waals surface area contributed by atoms with Crippen molar-refractivity contribution in [3.05, 3.63) is 23.9 Å². The molecule has 0 aliphatic carbocycles. The fourth-order valence-corrected chi connectivity index (χ4v) is 2.49. The van der Waals surface area contributed by atoms with Gasteiger partial charge in [-0.25, -0.2) is 13.4 Å². The van der Waals surface area contributed by atoms with Crippen molar-refractivity contribution in [2.75, 3.05) is 34.2 Å². The molecule has 0 radical (unpaired) electrons. The summed E-state index contributed by atoms with van der Waals surface area (Å²) in [5.74, 6) is 0.323. The van der Waals surface area contributed by atoms with E-state index in [0.29, 0.717) is 19.0 Å². The van der Waals surface area contributed by atoms with Gasteiger partial charge in [-0.15, -0.1) is 11.6 Å². The molecular weight excluding hydrogens is 274 g/mol. The number of nitrogens with zero attached hydrogens (tertiary/aromatic N) is 3. The van der Waals surface area contributed by atoms with Crippen molar-refractivity contribution in [3.8, 4) is 0 Å². The van der Waals surface area contributed by atoms with Crippen molar-refractivity contribution in [2.45, 2.75) is 10.9 Å². The normalized spacial score (nSPS) is 12.3. The van der Waals surface area contributed by atoms with Crippen LogP contribution in [0.5, 0.6) is 0 Å². The lowest BCUT2D eigenvalue weighted by atomic mass is 10.3. The molecule has 1 heterocycles. The van der Waals surface area contributed by atoms with Gasteiger partial charge in [0.05, 0.1) is 0 Å². The van der Waals surface area contributed by atoms with Crippen LogP contribution in [0.1, 0.15) is 5.56 Å². The second-order valence-corrected chi connectivity index (χ2v) is 6.53. The van der Waals surface area contributed by atoms with Crippen LogP contribution in [0.4, 0.5) is 0 Å². The fraction of sp³-hybridized carbons (Fsp3) is 0.545. The zero-order valence-corrected chi connectivity index (χ0v) is 12.4. The van der Waals surface area contributed by atoms with E-state index < -0.39 is 10.0 Å². The molecule has 0 aliphatic heterocycles. The number of hydrogen-bond acceptors (Lipinski definition) is 4. The van der Waals surface area contributed by atoms with Crippen molar-refractivity contribution >= 4 is 21.6 Å². The lowest BCUT2D eigenvalue weighted by Crippen LogP contribution is -2.33. The first kappa shape index (κ1) is 15.4. The lowest BCUT2D eigenvalue weighted by molar-refractivity contribution is 0.358. The van der Waals surface area contributed by atoms with Gasteiger partial charge < -0.3 is 4.90 Å². The third kappa shape index (κ3) is 3.91. The number of halogens is 1. The Morgan fingerprint density at radius 1 is 1.22 bits per heavy atom. The molecule has 0 unspecified atom stereocenters. The van der Waals surface area contributed by atoms with Crippen LogP contribution in [-0.2, 0) is 15.9 Å². The van der Waals surface area contributed by atoms with Crippen LogP contribution < -0.4 is 0 Å². The zero-order chi connectivity index (χ0) is 13.8. The molecule has 0 amide bonds. The van der Waals surface area contributed by atoms with Gasteiger partial charge in [0.15, 0.2) is 5.03 Å². The Morgan fingerprint density at radius 2 is 1.89 bits per heavy atom. The largest absolute Gasteiger partial charge is 0.308 e. The first-order valence-electron chi connectivity index (χ1n) is 5.50. The predicted molar refractivity (Wildman–Crippen MR) is 72.2 cm³/mol. The van der Waals surface area contributed by atoms with Crippen molar-refractivity contribution in [2.24, 2.45) is 0 Å². The Hall–Kier alpha value is -0.690. The second kappa shape index (κ2) is 6.47. The molecule has 0 bridgehead atoms.